The van der Waals surface area contributed by atoms with E-state index in [0.29, 0.717) is 13.0 Å². The van der Waals surface area contributed by atoms with Crippen molar-refractivity contribution in [3.8, 4) is 11.1 Å². The van der Waals surface area contributed by atoms with Gasteiger partial charge in [-0.1, -0.05) is 48.5 Å². The fraction of sp³-hybridized carbons (Fsp3) is 0.464. The van der Waals surface area contributed by atoms with E-state index in [0.717, 1.165) is 24.0 Å². The van der Waals surface area contributed by atoms with Crippen molar-refractivity contribution in [3.05, 3.63) is 59.7 Å². The van der Waals surface area contributed by atoms with E-state index in [9.17, 15) is 19.5 Å². The number of carbonyl (C=O) groups excluding carboxylic acids is 2. The van der Waals surface area contributed by atoms with Gasteiger partial charge in [0, 0.05) is 36.4 Å². The van der Waals surface area contributed by atoms with E-state index in [1.807, 2.05) is 38.1 Å². The number of hydrogen-bond donors (Lipinski definition) is 2. The number of carbonyl (C=O) groups is 3. The van der Waals surface area contributed by atoms with E-state index in [4.69, 9.17) is 4.74 Å². The zero-order valence-electron chi connectivity index (χ0n) is 20.3. The van der Waals surface area contributed by atoms with Crippen LogP contribution in [0.4, 0.5) is 4.79 Å². The summed E-state index contributed by atoms with van der Waals surface area (Å²) >= 11 is 0. The average molecular weight is 477 g/mol. The van der Waals surface area contributed by atoms with Gasteiger partial charge in [-0.25, -0.2) is 4.79 Å². The molecular formula is C28H32N2O5. The van der Waals surface area contributed by atoms with Crippen LogP contribution in [0.2, 0.25) is 0 Å². The van der Waals surface area contributed by atoms with Gasteiger partial charge in [0.25, 0.3) is 0 Å². The van der Waals surface area contributed by atoms with Gasteiger partial charge in [-0.05, 0) is 55.4 Å². The summed E-state index contributed by atoms with van der Waals surface area (Å²) in [6.07, 6.45) is 1.94. The van der Waals surface area contributed by atoms with E-state index < -0.39 is 23.5 Å². The van der Waals surface area contributed by atoms with Crippen LogP contribution in [-0.4, -0.2) is 53.2 Å². The molecule has 0 aromatic heterocycles. The van der Waals surface area contributed by atoms with Gasteiger partial charge in [0.15, 0.2) is 0 Å². The largest absolute Gasteiger partial charge is 0.481 e. The molecule has 0 radical (unpaired) electrons. The summed E-state index contributed by atoms with van der Waals surface area (Å²) in [5.74, 6) is -1.33. The maximum absolute atomic E-state index is 12.8. The Balaban J connectivity index is 1.13. The molecule has 1 heterocycles. The lowest BCUT2D eigenvalue weighted by atomic mass is 9.93. The van der Waals surface area contributed by atoms with Crippen molar-refractivity contribution < 1.29 is 24.2 Å². The average Bonchev–Trinajstić information content (AvgIpc) is 3.37. The number of carboxylic acids is 1. The minimum Gasteiger partial charge on any atom is -0.481 e. The number of hydrogen-bond acceptors (Lipinski definition) is 4. The van der Waals surface area contributed by atoms with Gasteiger partial charge in [0.05, 0.1) is 5.92 Å². The highest BCUT2D eigenvalue weighted by Crippen LogP contribution is 2.56. The van der Waals surface area contributed by atoms with E-state index in [1.165, 1.54) is 11.1 Å². The summed E-state index contributed by atoms with van der Waals surface area (Å²) in [6, 6.07) is 16.4. The Morgan fingerprint density at radius 2 is 1.66 bits per heavy atom. The molecule has 2 fully saturated rings. The van der Waals surface area contributed by atoms with E-state index in [1.54, 1.807) is 4.90 Å². The van der Waals surface area contributed by atoms with E-state index in [-0.39, 0.29) is 36.8 Å². The molecule has 2 amide bonds. The lowest BCUT2D eigenvalue weighted by Crippen LogP contribution is -2.45. The first-order chi connectivity index (χ1) is 16.7. The fourth-order valence-electron chi connectivity index (χ4n) is 5.72. The molecule has 2 aromatic rings. The highest BCUT2D eigenvalue weighted by atomic mass is 16.5. The molecule has 1 saturated heterocycles. The van der Waals surface area contributed by atoms with Crippen molar-refractivity contribution in [2.45, 2.75) is 51.0 Å². The summed E-state index contributed by atoms with van der Waals surface area (Å²) < 4.78 is 5.65. The van der Waals surface area contributed by atoms with Crippen molar-refractivity contribution in [2.24, 2.45) is 11.3 Å². The lowest BCUT2D eigenvalue weighted by Gasteiger charge is -2.27. The third-order valence-electron chi connectivity index (χ3n) is 7.94. The Kier molecular flexibility index (Phi) is 5.82. The third kappa shape index (κ3) is 4.51. The van der Waals surface area contributed by atoms with E-state index >= 15 is 0 Å². The maximum atomic E-state index is 12.8. The molecule has 2 N–H and O–H groups in total. The Bertz CT molecular complexity index is 1120. The Labute approximate surface area is 205 Å². The van der Waals surface area contributed by atoms with Crippen molar-refractivity contribution >= 4 is 18.0 Å². The molecule has 1 saturated carbocycles. The molecule has 3 aliphatic rings. The minimum atomic E-state index is -0.810. The summed E-state index contributed by atoms with van der Waals surface area (Å²) in [4.78, 5) is 38.7. The van der Waals surface area contributed by atoms with Crippen LogP contribution >= 0.6 is 0 Å². The summed E-state index contributed by atoms with van der Waals surface area (Å²) in [6.45, 7) is 4.79. The minimum absolute atomic E-state index is 0.00932. The number of alkyl carbamates (subject to hydrolysis) is 1. The van der Waals surface area contributed by atoms with Crippen molar-refractivity contribution in [2.75, 3.05) is 19.7 Å². The summed E-state index contributed by atoms with van der Waals surface area (Å²) in [7, 11) is 0. The first-order valence-electron chi connectivity index (χ1n) is 12.3. The van der Waals surface area contributed by atoms with Gasteiger partial charge >= 0.3 is 12.1 Å². The first-order valence-corrected chi connectivity index (χ1v) is 12.3. The van der Waals surface area contributed by atoms with Crippen LogP contribution in [0, 0.1) is 11.3 Å². The highest BCUT2D eigenvalue weighted by Gasteiger charge is 2.58. The third-order valence-corrected chi connectivity index (χ3v) is 7.94. The van der Waals surface area contributed by atoms with E-state index in [2.05, 4.69) is 29.6 Å². The Hall–Kier alpha value is -3.35. The van der Waals surface area contributed by atoms with Crippen LogP contribution in [0.25, 0.3) is 11.1 Å². The molecule has 7 nitrogen and oxygen atoms in total. The zero-order valence-corrected chi connectivity index (χ0v) is 20.3. The van der Waals surface area contributed by atoms with Crippen molar-refractivity contribution in [1.29, 1.82) is 0 Å². The molecule has 1 atom stereocenters. The molecule has 1 unspecified atom stereocenters. The van der Waals surface area contributed by atoms with Crippen molar-refractivity contribution in [1.82, 2.24) is 10.2 Å². The van der Waals surface area contributed by atoms with Crippen LogP contribution in [0.3, 0.4) is 0 Å². The molecule has 0 bridgehead atoms. The Morgan fingerprint density at radius 1 is 1.06 bits per heavy atom. The molecule has 7 heteroatoms. The first kappa shape index (κ1) is 23.4. The van der Waals surface area contributed by atoms with Gasteiger partial charge in [-0.3, -0.25) is 9.59 Å². The number of rotatable bonds is 7. The van der Waals surface area contributed by atoms with Gasteiger partial charge in [0.1, 0.15) is 6.61 Å². The number of nitrogens with zero attached hydrogens (tertiary/aromatic N) is 1. The predicted molar refractivity (Wildman–Crippen MR) is 131 cm³/mol. The van der Waals surface area contributed by atoms with Gasteiger partial charge in [-0.2, -0.15) is 0 Å². The molecule has 1 spiro atoms. The second-order valence-corrected chi connectivity index (χ2v) is 10.9. The van der Waals surface area contributed by atoms with Crippen molar-refractivity contribution in [3.63, 3.8) is 0 Å². The molecule has 35 heavy (non-hydrogen) atoms. The number of aliphatic carboxylic acids is 1. The van der Waals surface area contributed by atoms with Crippen LogP contribution in [0.15, 0.2) is 48.5 Å². The summed E-state index contributed by atoms with van der Waals surface area (Å²) in [5.41, 5.74) is 3.82. The second kappa shape index (κ2) is 8.70. The van der Waals surface area contributed by atoms with Crippen LogP contribution < -0.4 is 5.32 Å². The Morgan fingerprint density at radius 3 is 2.20 bits per heavy atom. The van der Waals surface area contributed by atoms with Gasteiger partial charge in [0.2, 0.25) is 5.91 Å². The normalized spacial score (nSPS) is 19.8. The number of likely N-dealkylation sites (tertiary alicyclic amines) is 1. The standard InChI is InChI=1S/C28H32N2O5/c1-27(2,12-11-24(31)30-15-23(25(32)33)28(17-30)13-14-28)29-26(34)35-16-22-20-9-5-3-7-18(20)19-8-4-6-10-21(19)22/h3-10,22-23H,11-17H2,1-2H3,(H,29,34)(H,32,33). The van der Waals surface area contributed by atoms with Crippen LogP contribution in [0.5, 0.6) is 0 Å². The number of fused-ring (bicyclic) bond motifs is 3. The highest BCUT2D eigenvalue weighted by molar-refractivity contribution is 5.80. The van der Waals surface area contributed by atoms with Gasteiger partial charge < -0.3 is 20.1 Å². The topological polar surface area (TPSA) is 95.9 Å². The molecule has 1 aliphatic heterocycles. The smallest absolute Gasteiger partial charge is 0.407 e. The molecule has 2 aromatic carbocycles. The number of nitrogens with one attached hydrogen (secondary N) is 1. The number of carboxylic acid groups (broad SMARTS) is 1. The fourth-order valence-corrected chi connectivity index (χ4v) is 5.72. The SMILES string of the molecule is CC(C)(CCC(=O)N1CC(C(=O)O)C2(CC2)C1)NC(=O)OCC1c2ccccc2-c2ccccc21. The predicted octanol–water partition coefficient (Wildman–Crippen LogP) is 4.41. The quantitative estimate of drug-likeness (QED) is 0.617. The molecule has 2 aliphatic carbocycles. The number of ether oxygens (including phenoxy) is 1. The van der Waals surface area contributed by atoms with Crippen LogP contribution in [0.1, 0.15) is 56.6 Å². The summed E-state index contributed by atoms with van der Waals surface area (Å²) in [5, 5.41) is 12.4. The molecule has 184 valence electrons. The number of amides is 2. The zero-order chi connectivity index (χ0) is 24.8. The maximum Gasteiger partial charge on any atom is 0.407 e. The van der Waals surface area contributed by atoms with Crippen LogP contribution in [-0.2, 0) is 14.3 Å². The number of benzene rings is 2. The lowest BCUT2D eigenvalue weighted by molar-refractivity contribution is -0.143. The van der Waals surface area contributed by atoms with Gasteiger partial charge in [-0.15, -0.1) is 0 Å². The second-order valence-electron chi connectivity index (χ2n) is 10.9. The monoisotopic (exact) mass is 476 g/mol. The molecular weight excluding hydrogens is 444 g/mol. The molecule has 5 rings (SSSR count).